The van der Waals surface area contributed by atoms with Crippen molar-refractivity contribution in [3.05, 3.63) is 39.4 Å². The van der Waals surface area contributed by atoms with E-state index < -0.39 is 0 Å². The van der Waals surface area contributed by atoms with E-state index >= 15 is 0 Å². The van der Waals surface area contributed by atoms with Crippen molar-refractivity contribution in [1.82, 2.24) is 15.4 Å². The molecule has 0 spiro atoms. The van der Waals surface area contributed by atoms with Gasteiger partial charge in [-0.1, -0.05) is 5.16 Å². The molecule has 0 aliphatic carbocycles. The Balaban J connectivity index is 1.45. The van der Waals surface area contributed by atoms with Crippen LogP contribution in [-0.2, 0) is 17.8 Å². The number of aromatic nitrogens is 1. The molecular weight excluding hydrogens is 322 g/mol. The van der Waals surface area contributed by atoms with Crippen LogP contribution in [0.15, 0.2) is 21.3 Å². The molecule has 2 aromatic heterocycles. The van der Waals surface area contributed by atoms with Gasteiger partial charge in [0.2, 0.25) is 5.91 Å². The summed E-state index contributed by atoms with van der Waals surface area (Å²) < 4.78 is 5.12. The number of nitrogens with zero attached hydrogens (tertiary/aromatic N) is 2. The zero-order chi connectivity index (χ0) is 16.9. The van der Waals surface area contributed by atoms with E-state index in [0.29, 0.717) is 12.3 Å². The Labute approximate surface area is 147 Å². The van der Waals surface area contributed by atoms with Crippen LogP contribution in [0.3, 0.4) is 0 Å². The van der Waals surface area contributed by atoms with Crippen LogP contribution in [0.4, 0.5) is 0 Å². The molecule has 0 saturated carbocycles. The lowest BCUT2D eigenvalue weighted by molar-refractivity contribution is -0.120. The van der Waals surface area contributed by atoms with Gasteiger partial charge in [0.1, 0.15) is 5.76 Å². The normalized spacial score (nSPS) is 18.7. The molecule has 1 aliphatic heterocycles. The van der Waals surface area contributed by atoms with Gasteiger partial charge < -0.3 is 9.84 Å². The molecule has 0 aromatic carbocycles. The Bertz CT molecular complexity index is 646. The second kappa shape index (κ2) is 7.94. The van der Waals surface area contributed by atoms with E-state index in [9.17, 15) is 4.79 Å². The van der Waals surface area contributed by atoms with Gasteiger partial charge in [0, 0.05) is 25.2 Å². The molecule has 1 fully saturated rings. The number of hydrogen-bond acceptors (Lipinski definition) is 5. The molecule has 24 heavy (non-hydrogen) atoms. The second-order valence-electron chi connectivity index (χ2n) is 6.66. The summed E-state index contributed by atoms with van der Waals surface area (Å²) in [5.74, 6) is 1.33. The fourth-order valence-corrected chi connectivity index (χ4v) is 4.00. The van der Waals surface area contributed by atoms with Crippen molar-refractivity contribution in [2.24, 2.45) is 5.92 Å². The average molecular weight is 347 g/mol. The zero-order valence-corrected chi connectivity index (χ0v) is 15.2. The highest BCUT2D eigenvalue weighted by molar-refractivity contribution is 7.07. The molecule has 1 unspecified atom stereocenters. The van der Waals surface area contributed by atoms with Crippen LogP contribution in [0.1, 0.15) is 35.4 Å². The van der Waals surface area contributed by atoms with Crippen molar-refractivity contribution < 1.29 is 9.32 Å². The van der Waals surface area contributed by atoms with Gasteiger partial charge in [0.05, 0.1) is 12.1 Å². The minimum atomic E-state index is 0.0550. The number of thiophene rings is 1. The summed E-state index contributed by atoms with van der Waals surface area (Å²) in [6.07, 6.45) is 2.74. The molecule has 2 aromatic rings. The lowest BCUT2D eigenvalue weighted by Gasteiger charge is -2.32. The number of rotatable bonds is 6. The molecule has 1 saturated heterocycles. The number of carbonyl (C=O) groups excluding carboxylic acids is 1. The SMILES string of the molecule is Cc1noc(C)c1CC(=O)NCC1CCCN(Cc2ccsc2)C1. The van der Waals surface area contributed by atoms with E-state index in [4.69, 9.17) is 4.52 Å². The van der Waals surface area contributed by atoms with Gasteiger partial charge in [-0.05, 0) is 61.5 Å². The molecule has 3 heterocycles. The molecule has 0 bridgehead atoms. The molecule has 5 nitrogen and oxygen atoms in total. The first-order chi connectivity index (χ1) is 11.6. The maximum Gasteiger partial charge on any atom is 0.224 e. The Kier molecular flexibility index (Phi) is 5.68. The van der Waals surface area contributed by atoms with E-state index in [2.05, 4.69) is 32.2 Å². The van der Waals surface area contributed by atoms with E-state index in [1.807, 2.05) is 13.8 Å². The minimum absolute atomic E-state index is 0.0550. The number of aryl methyl sites for hydroxylation is 2. The fraction of sp³-hybridized carbons (Fsp3) is 0.556. The summed E-state index contributed by atoms with van der Waals surface area (Å²) in [5.41, 5.74) is 3.11. The maximum atomic E-state index is 12.2. The van der Waals surface area contributed by atoms with Crippen molar-refractivity contribution in [2.45, 2.75) is 39.7 Å². The monoisotopic (exact) mass is 347 g/mol. The van der Waals surface area contributed by atoms with Gasteiger partial charge in [-0.2, -0.15) is 11.3 Å². The summed E-state index contributed by atoms with van der Waals surface area (Å²) in [4.78, 5) is 14.7. The predicted molar refractivity (Wildman–Crippen MR) is 95.0 cm³/mol. The smallest absolute Gasteiger partial charge is 0.224 e. The van der Waals surface area contributed by atoms with E-state index in [-0.39, 0.29) is 5.91 Å². The van der Waals surface area contributed by atoms with Gasteiger partial charge in [0.15, 0.2) is 0 Å². The lowest BCUT2D eigenvalue weighted by atomic mass is 9.97. The van der Waals surface area contributed by atoms with Gasteiger partial charge in [-0.3, -0.25) is 9.69 Å². The molecule has 1 aliphatic rings. The summed E-state index contributed by atoms with van der Waals surface area (Å²) in [6.45, 7) is 7.71. The summed E-state index contributed by atoms with van der Waals surface area (Å²) in [6, 6.07) is 2.19. The molecule has 1 N–H and O–H groups in total. The molecule has 1 atom stereocenters. The standard InChI is InChI=1S/C18H25N3O2S/c1-13-17(14(2)23-20-13)8-18(22)19-9-15-4-3-6-21(10-15)11-16-5-7-24-12-16/h5,7,12,15H,3-4,6,8-11H2,1-2H3,(H,19,22). The highest BCUT2D eigenvalue weighted by Gasteiger charge is 2.21. The largest absolute Gasteiger partial charge is 0.361 e. The van der Waals surface area contributed by atoms with E-state index in [1.165, 1.54) is 18.4 Å². The third-order valence-corrected chi connectivity index (χ3v) is 5.43. The van der Waals surface area contributed by atoms with Crippen molar-refractivity contribution in [3.63, 3.8) is 0 Å². The number of likely N-dealkylation sites (tertiary alicyclic amines) is 1. The van der Waals surface area contributed by atoms with Crippen molar-refractivity contribution in [1.29, 1.82) is 0 Å². The molecule has 130 valence electrons. The Hall–Kier alpha value is -1.66. The first-order valence-electron chi connectivity index (χ1n) is 8.53. The molecule has 0 radical (unpaired) electrons. The Morgan fingerprint density at radius 2 is 2.38 bits per heavy atom. The van der Waals surface area contributed by atoms with Gasteiger partial charge >= 0.3 is 0 Å². The highest BCUT2D eigenvalue weighted by atomic mass is 32.1. The van der Waals surface area contributed by atoms with Crippen LogP contribution in [0, 0.1) is 19.8 Å². The molecule has 3 rings (SSSR count). The number of piperidine rings is 1. The van der Waals surface area contributed by atoms with Crippen LogP contribution in [0.25, 0.3) is 0 Å². The number of nitrogens with one attached hydrogen (secondary N) is 1. The average Bonchev–Trinajstić information content (AvgIpc) is 3.18. The predicted octanol–water partition coefficient (Wildman–Crippen LogP) is 2.92. The number of carbonyl (C=O) groups is 1. The minimum Gasteiger partial charge on any atom is -0.361 e. The van der Waals surface area contributed by atoms with Gasteiger partial charge in [0.25, 0.3) is 0 Å². The van der Waals surface area contributed by atoms with Crippen LogP contribution >= 0.6 is 11.3 Å². The molecular formula is C18H25N3O2S. The van der Waals surface area contributed by atoms with Crippen molar-refractivity contribution >= 4 is 17.2 Å². The van der Waals surface area contributed by atoms with Crippen LogP contribution in [0.5, 0.6) is 0 Å². The number of amides is 1. The maximum absolute atomic E-state index is 12.2. The quantitative estimate of drug-likeness (QED) is 0.873. The Morgan fingerprint density at radius 3 is 3.08 bits per heavy atom. The van der Waals surface area contributed by atoms with Crippen LogP contribution in [-0.4, -0.2) is 35.6 Å². The summed E-state index contributed by atoms with van der Waals surface area (Å²) in [5, 5.41) is 11.3. The third kappa shape index (κ3) is 4.45. The summed E-state index contributed by atoms with van der Waals surface area (Å²) in [7, 11) is 0. The fourth-order valence-electron chi connectivity index (χ4n) is 3.34. The first kappa shape index (κ1) is 17.2. The second-order valence-corrected chi connectivity index (χ2v) is 7.44. The van der Waals surface area contributed by atoms with Crippen molar-refractivity contribution in [3.8, 4) is 0 Å². The highest BCUT2D eigenvalue weighted by Crippen LogP contribution is 2.19. The van der Waals surface area contributed by atoms with Gasteiger partial charge in [-0.25, -0.2) is 0 Å². The summed E-state index contributed by atoms with van der Waals surface area (Å²) >= 11 is 1.75. The zero-order valence-electron chi connectivity index (χ0n) is 14.4. The lowest BCUT2D eigenvalue weighted by Crippen LogP contribution is -2.40. The van der Waals surface area contributed by atoms with Gasteiger partial charge in [-0.15, -0.1) is 0 Å². The number of hydrogen-bond donors (Lipinski definition) is 1. The van der Waals surface area contributed by atoms with E-state index in [1.54, 1.807) is 11.3 Å². The topological polar surface area (TPSA) is 58.4 Å². The third-order valence-electron chi connectivity index (χ3n) is 4.70. The van der Waals surface area contributed by atoms with Crippen LogP contribution in [0.2, 0.25) is 0 Å². The molecule has 6 heteroatoms. The van der Waals surface area contributed by atoms with E-state index in [0.717, 1.165) is 43.2 Å². The Morgan fingerprint density at radius 1 is 1.50 bits per heavy atom. The molecule has 1 amide bonds. The van der Waals surface area contributed by atoms with Crippen molar-refractivity contribution in [2.75, 3.05) is 19.6 Å². The van der Waals surface area contributed by atoms with Crippen LogP contribution < -0.4 is 5.32 Å². The first-order valence-corrected chi connectivity index (χ1v) is 9.48.